The van der Waals surface area contributed by atoms with Crippen molar-refractivity contribution in [1.29, 1.82) is 0 Å². The van der Waals surface area contributed by atoms with Crippen molar-refractivity contribution in [2.24, 2.45) is 0 Å². The lowest BCUT2D eigenvalue weighted by atomic mass is 10.1. The molecule has 0 N–H and O–H groups in total. The molecule has 0 aliphatic carbocycles. The van der Waals surface area contributed by atoms with E-state index in [1.165, 1.54) is 11.3 Å². The van der Waals surface area contributed by atoms with E-state index in [9.17, 15) is 4.79 Å². The highest BCUT2D eigenvalue weighted by atomic mass is 32.1. The molecule has 0 radical (unpaired) electrons. The van der Waals surface area contributed by atoms with Crippen LogP contribution >= 0.6 is 11.3 Å². The molecular formula is C20H19N3O2S. The highest BCUT2D eigenvalue weighted by Crippen LogP contribution is 2.34. The van der Waals surface area contributed by atoms with Gasteiger partial charge in [-0.15, -0.1) is 11.3 Å². The standard InChI is InChI=1S/C20H19N3O2S/c1-3-23-16(11-18-17(23)12-19(26-18)20(24)25-4-2)14-5-7-15(8-6-14)22-10-9-21-13-22/h5-13H,3-4H2,1-2H3. The molecule has 0 saturated carbocycles. The average Bonchev–Trinajstić information content (AvgIpc) is 3.37. The Kier molecular flexibility index (Phi) is 4.34. The molecule has 0 bridgehead atoms. The van der Waals surface area contributed by atoms with Gasteiger partial charge in [0.2, 0.25) is 0 Å². The summed E-state index contributed by atoms with van der Waals surface area (Å²) in [5, 5.41) is 0. The Hall–Kier alpha value is -2.86. The van der Waals surface area contributed by atoms with Gasteiger partial charge in [0.25, 0.3) is 0 Å². The monoisotopic (exact) mass is 365 g/mol. The number of hydrogen-bond donors (Lipinski definition) is 0. The van der Waals surface area contributed by atoms with Gasteiger partial charge in [0.05, 0.1) is 23.2 Å². The summed E-state index contributed by atoms with van der Waals surface area (Å²) in [6.07, 6.45) is 5.48. The molecule has 26 heavy (non-hydrogen) atoms. The number of fused-ring (bicyclic) bond motifs is 1. The van der Waals surface area contributed by atoms with Gasteiger partial charge in [-0.25, -0.2) is 9.78 Å². The quantitative estimate of drug-likeness (QED) is 0.480. The number of imidazole rings is 1. The van der Waals surface area contributed by atoms with E-state index in [1.807, 2.05) is 23.8 Å². The van der Waals surface area contributed by atoms with Crippen LogP contribution in [0, 0.1) is 0 Å². The number of rotatable bonds is 5. The molecule has 0 saturated heterocycles. The van der Waals surface area contributed by atoms with Crippen molar-refractivity contribution in [3.8, 4) is 16.9 Å². The lowest BCUT2D eigenvalue weighted by molar-refractivity contribution is 0.0532. The number of aryl methyl sites for hydroxylation is 1. The minimum Gasteiger partial charge on any atom is -0.462 e. The van der Waals surface area contributed by atoms with E-state index in [4.69, 9.17) is 4.74 Å². The van der Waals surface area contributed by atoms with Gasteiger partial charge in [0.1, 0.15) is 4.88 Å². The normalized spacial score (nSPS) is 11.2. The van der Waals surface area contributed by atoms with Crippen LogP contribution < -0.4 is 0 Å². The molecule has 0 aliphatic rings. The van der Waals surface area contributed by atoms with Gasteiger partial charge in [0.15, 0.2) is 0 Å². The second kappa shape index (κ2) is 6.80. The van der Waals surface area contributed by atoms with Gasteiger partial charge < -0.3 is 13.9 Å². The second-order valence-corrected chi connectivity index (χ2v) is 6.96. The summed E-state index contributed by atoms with van der Waals surface area (Å²) in [4.78, 5) is 16.7. The van der Waals surface area contributed by atoms with Crippen LogP contribution in [-0.4, -0.2) is 26.7 Å². The summed E-state index contributed by atoms with van der Waals surface area (Å²) in [5.74, 6) is -0.248. The first-order valence-corrected chi connectivity index (χ1v) is 9.42. The summed E-state index contributed by atoms with van der Waals surface area (Å²) in [5.41, 5.74) is 4.46. The molecule has 4 aromatic rings. The van der Waals surface area contributed by atoms with E-state index in [0.717, 1.165) is 33.7 Å². The molecule has 0 fully saturated rings. The van der Waals surface area contributed by atoms with Crippen molar-refractivity contribution in [2.75, 3.05) is 6.61 Å². The number of carbonyl (C=O) groups is 1. The first-order chi connectivity index (χ1) is 12.7. The van der Waals surface area contributed by atoms with Gasteiger partial charge in [0, 0.05) is 30.3 Å². The molecule has 3 aromatic heterocycles. The Labute approximate surface area is 155 Å². The van der Waals surface area contributed by atoms with Crippen LogP contribution in [-0.2, 0) is 11.3 Å². The molecule has 1 aromatic carbocycles. The van der Waals surface area contributed by atoms with Crippen LogP contribution in [0.15, 0.2) is 55.1 Å². The number of nitrogens with zero attached hydrogens (tertiary/aromatic N) is 3. The van der Waals surface area contributed by atoms with E-state index in [-0.39, 0.29) is 5.97 Å². The number of esters is 1. The predicted molar refractivity (Wildman–Crippen MR) is 104 cm³/mol. The maximum atomic E-state index is 12.0. The van der Waals surface area contributed by atoms with Crippen LogP contribution in [0.5, 0.6) is 0 Å². The summed E-state index contributed by atoms with van der Waals surface area (Å²) in [7, 11) is 0. The minimum atomic E-state index is -0.248. The molecule has 0 atom stereocenters. The lowest BCUT2D eigenvalue weighted by Crippen LogP contribution is -2.02. The fraction of sp³-hybridized carbons (Fsp3) is 0.200. The number of hydrogen-bond acceptors (Lipinski definition) is 4. The van der Waals surface area contributed by atoms with E-state index in [0.29, 0.717) is 11.5 Å². The summed E-state index contributed by atoms with van der Waals surface area (Å²) >= 11 is 1.48. The Morgan fingerprint density at radius 3 is 2.65 bits per heavy atom. The zero-order chi connectivity index (χ0) is 18.1. The van der Waals surface area contributed by atoms with Gasteiger partial charge in [-0.1, -0.05) is 12.1 Å². The van der Waals surface area contributed by atoms with Crippen LogP contribution in [0.4, 0.5) is 0 Å². The van der Waals surface area contributed by atoms with E-state index in [2.05, 4.69) is 46.8 Å². The first kappa shape index (κ1) is 16.6. The number of benzene rings is 1. The predicted octanol–water partition coefficient (Wildman–Crippen LogP) is 4.75. The molecular weight excluding hydrogens is 346 g/mol. The van der Waals surface area contributed by atoms with Crippen molar-refractivity contribution in [3.63, 3.8) is 0 Å². The maximum absolute atomic E-state index is 12.0. The van der Waals surface area contributed by atoms with Gasteiger partial charge >= 0.3 is 5.97 Å². The Morgan fingerprint density at radius 2 is 2.00 bits per heavy atom. The Balaban J connectivity index is 1.72. The van der Waals surface area contributed by atoms with Crippen molar-refractivity contribution in [1.82, 2.24) is 14.1 Å². The van der Waals surface area contributed by atoms with Crippen molar-refractivity contribution in [2.45, 2.75) is 20.4 Å². The molecule has 0 spiro atoms. The van der Waals surface area contributed by atoms with Gasteiger partial charge in [-0.3, -0.25) is 0 Å². The number of carbonyl (C=O) groups excluding carboxylic acids is 1. The second-order valence-electron chi connectivity index (χ2n) is 5.87. The highest BCUT2D eigenvalue weighted by molar-refractivity contribution is 7.20. The fourth-order valence-corrected chi connectivity index (χ4v) is 4.13. The third-order valence-corrected chi connectivity index (χ3v) is 5.40. The van der Waals surface area contributed by atoms with Crippen LogP contribution in [0.2, 0.25) is 0 Å². The molecule has 4 rings (SSSR count). The van der Waals surface area contributed by atoms with Gasteiger partial charge in [-0.2, -0.15) is 0 Å². The zero-order valence-corrected chi connectivity index (χ0v) is 15.5. The van der Waals surface area contributed by atoms with Gasteiger partial charge in [-0.05, 0) is 43.7 Å². The SMILES string of the molecule is CCOC(=O)c1cc2c(cc(-c3ccc(-n4ccnc4)cc3)n2CC)s1. The van der Waals surface area contributed by atoms with Crippen molar-refractivity contribution < 1.29 is 9.53 Å². The Bertz CT molecular complexity index is 1040. The number of thiophene rings is 1. The lowest BCUT2D eigenvalue weighted by Gasteiger charge is -2.09. The maximum Gasteiger partial charge on any atom is 0.348 e. The largest absolute Gasteiger partial charge is 0.462 e. The van der Waals surface area contributed by atoms with Crippen molar-refractivity contribution >= 4 is 27.5 Å². The van der Waals surface area contributed by atoms with Crippen LogP contribution in [0.1, 0.15) is 23.5 Å². The summed E-state index contributed by atoms with van der Waals surface area (Å²) in [6, 6.07) is 12.5. The molecule has 5 nitrogen and oxygen atoms in total. The third-order valence-electron chi connectivity index (χ3n) is 4.35. The topological polar surface area (TPSA) is 49.1 Å². The molecule has 6 heteroatoms. The number of aromatic nitrogens is 3. The van der Waals surface area contributed by atoms with Crippen LogP contribution in [0.3, 0.4) is 0 Å². The molecule has 3 heterocycles. The average molecular weight is 365 g/mol. The minimum absolute atomic E-state index is 0.248. The summed E-state index contributed by atoms with van der Waals surface area (Å²) < 4.78 is 10.4. The van der Waals surface area contributed by atoms with E-state index in [1.54, 1.807) is 12.5 Å². The van der Waals surface area contributed by atoms with Crippen molar-refractivity contribution in [3.05, 3.63) is 60.0 Å². The Morgan fingerprint density at radius 1 is 1.19 bits per heavy atom. The number of ether oxygens (including phenoxy) is 1. The van der Waals surface area contributed by atoms with Crippen LogP contribution in [0.25, 0.3) is 27.2 Å². The third kappa shape index (κ3) is 2.82. The molecule has 0 aliphatic heterocycles. The fourth-order valence-electron chi connectivity index (χ4n) is 3.14. The highest BCUT2D eigenvalue weighted by Gasteiger charge is 2.17. The van der Waals surface area contributed by atoms with E-state index < -0.39 is 0 Å². The zero-order valence-electron chi connectivity index (χ0n) is 14.7. The molecule has 0 unspecified atom stereocenters. The first-order valence-electron chi connectivity index (χ1n) is 8.60. The van der Waals surface area contributed by atoms with E-state index >= 15 is 0 Å². The molecule has 0 amide bonds. The smallest absolute Gasteiger partial charge is 0.348 e. The molecule has 132 valence electrons. The summed E-state index contributed by atoms with van der Waals surface area (Å²) in [6.45, 7) is 5.16.